The van der Waals surface area contributed by atoms with Crippen molar-refractivity contribution in [2.75, 3.05) is 22.4 Å². The summed E-state index contributed by atoms with van der Waals surface area (Å²) in [5.74, 6) is -0.372. The fourth-order valence-electron chi connectivity index (χ4n) is 2.97. The van der Waals surface area contributed by atoms with Crippen LogP contribution in [0.2, 0.25) is 0 Å². The summed E-state index contributed by atoms with van der Waals surface area (Å²) in [5.41, 5.74) is 6.28. The third-order valence-corrected chi connectivity index (χ3v) is 5.55. The summed E-state index contributed by atoms with van der Waals surface area (Å²) < 4.78 is 25.6. The first-order chi connectivity index (χ1) is 12.0. The molecule has 0 spiro atoms. The quantitative estimate of drug-likeness (QED) is 0.869. The van der Waals surface area contributed by atoms with E-state index in [0.29, 0.717) is 5.69 Å². The molecule has 2 rings (SSSR count). The number of carbonyl (C=O) groups is 1. The number of nitrogens with zero attached hydrogens (tertiary/aromatic N) is 1. The lowest BCUT2D eigenvalue weighted by molar-refractivity contribution is -0.114. The predicted molar refractivity (Wildman–Crippen MR) is 107 cm³/mol. The molecule has 0 saturated heterocycles. The summed E-state index contributed by atoms with van der Waals surface area (Å²) in [4.78, 5) is 12.6. The molecule has 0 saturated carbocycles. The molecule has 0 bridgehead atoms. The Morgan fingerprint density at radius 1 is 0.923 bits per heavy atom. The maximum atomic E-state index is 12.6. The molecule has 2 aromatic carbocycles. The first-order valence-electron chi connectivity index (χ1n) is 8.41. The molecule has 0 heterocycles. The fourth-order valence-corrected chi connectivity index (χ4v) is 3.82. The second kappa shape index (κ2) is 7.50. The molecule has 1 N–H and O–H groups in total. The van der Waals surface area contributed by atoms with E-state index in [1.54, 1.807) is 12.1 Å². The summed E-state index contributed by atoms with van der Waals surface area (Å²) in [6.45, 7) is 9.45. The number of aryl methyl sites for hydroxylation is 5. The molecule has 6 heteroatoms. The van der Waals surface area contributed by atoms with Gasteiger partial charge in [0, 0.05) is 5.69 Å². The van der Waals surface area contributed by atoms with Crippen molar-refractivity contribution in [2.45, 2.75) is 34.6 Å². The molecule has 0 aromatic heterocycles. The summed E-state index contributed by atoms with van der Waals surface area (Å²) in [5, 5.41) is 2.86. The lowest BCUT2D eigenvalue weighted by atomic mass is 10.1. The van der Waals surface area contributed by atoms with Crippen molar-refractivity contribution in [1.29, 1.82) is 0 Å². The number of amides is 1. The number of hydrogen-bond acceptors (Lipinski definition) is 3. The van der Waals surface area contributed by atoms with Crippen molar-refractivity contribution < 1.29 is 13.2 Å². The molecular formula is C20H26N2O3S. The molecule has 26 heavy (non-hydrogen) atoms. The minimum Gasteiger partial charge on any atom is -0.324 e. The Bertz CT molecular complexity index is 927. The molecule has 1 amide bonds. The Morgan fingerprint density at radius 2 is 1.50 bits per heavy atom. The van der Waals surface area contributed by atoms with Crippen LogP contribution in [0.25, 0.3) is 0 Å². The Kier molecular flexibility index (Phi) is 5.76. The van der Waals surface area contributed by atoms with Crippen LogP contribution in [0, 0.1) is 34.6 Å². The van der Waals surface area contributed by atoms with Gasteiger partial charge in [0.15, 0.2) is 0 Å². The highest BCUT2D eigenvalue weighted by Gasteiger charge is 2.22. The van der Waals surface area contributed by atoms with E-state index in [1.807, 2.05) is 52.8 Å². The van der Waals surface area contributed by atoms with Crippen LogP contribution in [0.15, 0.2) is 30.3 Å². The Labute approximate surface area is 156 Å². The van der Waals surface area contributed by atoms with Crippen molar-refractivity contribution in [2.24, 2.45) is 0 Å². The summed E-state index contributed by atoms with van der Waals surface area (Å²) in [6, 6.07) is 9.33. The predicted octanol–water partition coefficient (Wildman–Crippen LogP) is 3.63. The summed E-state index contributed by atoms with van der Waals surface area (Å²) in [6.07, 6.45) is 1.11. The van der Waals surface area contributed by atoms with Crippen LogP contribution in [0.4, 0.5) is 11.4 Å². The fraction of sp³-hybridized carbons (Fsp3) is 0.350. The molecule has 0 radical (unpaired) electrons. The van der Waals surface area contributed by atoms with Crippen molar-refractivity contribution in [1.82, 2.24) is 0 Å². The molecule has 2 aromatic rings. The lowest BCUT2D eigenvalue weighted by Gasteiger charge is -2.23. The number of benzene rings is 2. The highest BCUT2D eigenvalue weighted by atomic mass is 32.2. The van der Waals surface area contributed by atoms with Crippen molar-refractivity contribution in [3.05, 3.63) is 58.1 Å². The van der Waals surface area contributed by atoms with Gasteiger partial charge in [0.2, 0.25) is 15.9 Å². The maximum Gasteiger partial charge on any atom is 0.245 e. The van der Waals surface area contributed by atoms with Crippen LogP contribution < -0.4 is 9.62 Å². The lowest BCUT2D eigenvalue weighted by Crippen LogP contribution is -2.37. The Hall–Kier alpha value is -2.34. The van der Waals surface area contributed by atoms with E-state index in [0.717, 1.165) is 44.1 Å². The van der Waals surface area contributed by atoms with E-state index >= 15 is 0 Å². The van der Waals surface area contributed by atoms with Gasteiger partial charge in [-0.3, -0.25) is 9.10 Å². The molecule has 0 fully saturated rings. The van der Waals surface area contributed by atoms with Gasteiger partial charge in [-0.1, -0.05) is 23.8 Å². The van der Waals surface area contributed by atoms with E-state index in [9.17, 15) is 13.2 Å². The summed E-state index contributed by atoms with van der Waals surface area (Å²) in [7, 11) is -3.59. The standard InChI is InChI=1S/C20H26N2O3S/c1-13-9-16(4)20(17(5)10-13)21-19(23)12-22(26(6,24)25)18-8-7-14(2)15(3)11-18/h7-11H,12H2,1-6H3,(H,21,23). The molecule has 0 aliphatic heterocycles. The number of sulfonamides is 1. The normalized spacial score (nSPS) is 11.3. The number of anilines is 2. The van der Waals surface area contributed by atoms with Crippen molar-refractivity contribution in [3.8, 4) is 0 Å². The van der Waals surface area contributed by atoms with Gasteiger partial charge in [0.1, 0.15) is 6.54 Å². The van der Waals surface area contributed by atoms with Gasteiger partial charge in [-0.15, -0.1) is 0 Å². The van der Waals surface area contributed by atoms with Crippen LogP contribution in [-0.4, -0.2) is 27.1 Å². The number of hydrogen-bond donors (Lipinski definition) is 1. The Balaban J connectivity index is 2.29. The van der Waals surface area contributed by atoms with E-state index in [-0.39, 0.29) is 12.5 Å². The second-order valence-electron chi connectivity index (χ2n) is 6.86. The zero-order chi connectivity index (χ0) is 19.6. The minimum atomic E-state index is -3.59. The zero-order valence-corrected chi connectivity index (χ0v) is 17.0. The highest BCUT2D eigenvalue weighted by Crippen LogP contribution is 2.24. The van der Waals surface area contributed by atoms with Crippen molar-refractivity contribution in [3.63, 3.8) is 0 Å². The molecule has 0 aliphatic rings. The first kappa shape index (κ1) is 20.0. The number of carbonyl (C=O) groups excluding carboxylic acids is 1. The molecule has 0 atom stereocenters. The van der Waals surface area contributed by atoms with Crippen LogP contribution in [-0.2, 0) is 14.8 Å². The van der Waals surface area contributed by atoms with E-state index in [2.05, 4.69) is 5.32 Å². The molecule has 0 unspecified atom stereocenters. The van der Waals surface area contributed by atoms with Gasteiger partial charge < -0.3 is 5.32 Å². The second-order valence-corrected chi connectivity index (χ2v) is 8.77. The molecule has 5 nitrogen and oxygen atoms in total. The van der Waals surface area contributed by atoms with Crippen LogP contribution in [0.1, 0.15) is 27.8 Å². The Morgan fingerprint density at radius 3 is 2.00 bits per heavy atom. The van der Waals surface area contributed by atoms with Gasteiger partial charge in [0.25, 0.3) is 0 Å². The monoisotopic (exact) mass is 374 g/mol. The van der Waals surface area contributed by atoms with Crippen LogP contribution in [0.5, 0.6) is 0 Å². The van der Waals surface area contributed by atoms with Gasteiger partial charge in [-0.25, -0.2) is 8.42 Å². The third kappa shape index (κ3) is 4.64. The average Bonchev–Trinajstić information content (AvgIpc) is 2.50. The molecule has 0 aliphatic carbocycles. The molecular weight excluding hydrogens is 348 g/mol. The van der Waals surface area contributed by atoms with Gasteiger partial charge >= 0.3 is 0 Å². The average molecular weight is 375 g/mol. The number of nitrogens with one attached hydrogen (secondary N) is 1. The topological polar surface area (TPSA) is 66.5 Å². The van der Waals surface area contributed by atoms with Gasteiger partial charge in [-0.2, -0.15) is 0 Å². The minimum absolute atomic E-state index is 0.270. The SMILES string of the molecule is Cc1cc(C)c(NC(=O)CN(c2ccc(C)c(C)c2)S(C)(=O)=O)c(C)c1. The smallest absolute Gasteiger partial charge is 0.245 e. The molecule has 140 valence electrons. The van der Waals surface area contributed by atoms with Crippen molar-refractivity contribution >= 4 is 27.3 Å². The number of rotatable bonds is 5. The first-order valence-corrected chi connectivity index (χ1v) is 10.3. The maximum absolute atomic E-state index is 12.6. The van der Waals surface area contributed by atoms with E-state index < -0.39 is 10.0 Å². The van der Waals surface area contributed by atoms with Gasteiger partial charge in [-0.05, 0) is 69.0 Å². The van der Waals surface area contributed by atoms with E-state index in [4.69, 9.17) is 0 Å². The van der Waals surface area contributed by atoms with E-state index in [1.165, 1.54) is 0 Å². The largest absolute Gasteiger partial charge is 0.324 e. The van der Waals surface area contributed by atoms with Crippen LogP contribution in [0.3, 0.4) is 0 Å². The highest BCUT2D eigenvalue weighted by molar-refractivity contribution is 7.92. The zero-order valence-electron chi connectivity index (χ0n) is 16.2. The third-order valence-electron chi connectivity index (χ3n) is 4.41. The summed E-state index contributed by atoms with van der Waals surface area (Å²) >= 11 is 0. The van der Waals surface area contributed by atoms with Crippen LogP contribution >= 0.6 is 0 Å². The van der Waals surface area contributed by atoms with Gasteiger partial charge in [0.05, 0.1) is 11.9 Å².